The maximum atomic E-state index is 11.5. The maximum absolute atomic E-state index is 11.5. The summed E-state index contributed by atoms with van der Waals surface area (Å²) in [6.07, 6.45) is 2.28. The van der Waals surface area contributed by atoms with Crippen molar-refractivity contribution >= 4 is 24.8 Å². The number of nitrogen functional groups attached to an aromatic ring is 1. The molecule has 4 unspecified atom stereocenters. The van der Waals surface area contributed by atoms with Crippen LogP contribution in [-0.4, -0.2) is 44.2 Å². The van der Waals surface area contributed by atoms with Crippen LogP contribution in [0.4, 0.5) is 5.82 Å². The number of hydrogen-bond acceptors (Lipinski definition) is 8. The molecule has 0 radical (unpaired) electrons. The Morgan fingerprint density at radius 2 is 2.12 bits per heavy atom. The number of nitrogens with two attached hydrogens (primary N) is 1. The van der Waals surface area contributed by atoms with E-state index in [-0.39, 0.29) is 30.8 Å². The van der Waals surface area contributed by atoms with Crippen LogP contribution in [0.1, 0.15) is 20.1 Å². The topological polar surface area (TPSA) is 135 Å². The van der Waals surface area contributed by atoms with Gasteiger partial charge < -0.3 is 15.4 Å². The summed E-state index contributed by atoms with van der Waals surface area (Å²) >= 11 is 0. The molecule has 1 aliphatic heterocycles. The molecule has 1 aliphatic rings. The van der Waals surface area contributed by atoms with Gasteiger partial charge >= 0.3 is 7.82 Å². The van der Waals surface area contributed by atoms with Crippen molar-refractivity contribution in [2.24, 2.45) is 11.8 Å². The third kappa shape index (κ3) is 3.03. The highest BCUT2D eigenvalue weighted by atomic mass is 31.2. The Balaban J connectivity index is 1.82. The predicted octanol–water partition coefficient (Wildman–Crippen LogP) is 1.34. The molecule has 3 rings (SSSR count). The van der Waals surface area contributed by atoms with Crippen molar-refractivity contribution in [1.29, 1.82) is 0 Å². The van der Waals surface area contributed by atoms with Crippen molar-refractivity contribution < 1.29 is 23.2 Å². The highest BCUT2D eigenvalue weighted by molar-refractivity contribution is 7.47. The van der Waals surface area contributed by atoms with Gasteiger partial charge in [0.15, 0.2) is 11.5 Å². The zero-order valence-corrected chi connectivity index (χ0v) is 14.5. The summed E-state index contributed by atoms with van der Waals surface area (Å²) in [6, 6.07) is 0. The third-order valence-corrected chi connectivity index (χ3v) is 5.41. The van der Waals surface area contributed by atoms with E-state index in [9.17, 15) is 9.46 Å². The van der Waals surface area contributed by atoms with Gasteiger partial charge in [0.2, 0.25) is 0 Å². The normalized spacial score (nSPS) is 29.8. The molecule has 0 amide bonds. The first kappa shape index (κ1) is 17.2. The molecule has 0 aliphatic carbocycles. The van der Waals surface area contributed by atoms with E-state index in [4.69, 9.17) is 15.0 Å². The van der Waals surface area contributed by atoms with Gasteiger partial charge in [0, 0.05) is 13.0 Å². The number of fused-ring (bicyclic) bond motifs is 1. The van der Waals surface area contributed by atoms with Crippen molar-refractivity contribution in [3.8, 4) is 0 Å². The number of phosphoric acid groups is 1. The van der Waals surface area contributed by atoms with E-state index in [2.05, 4.69) is 19.5 Å². The Kier molecular flexibility index (Phi) is 4.58. The van der Waals surface area contributed by atoms with Crippen LogP contribution in [0.5, 0.6) is 0 Å². The number of rotatable bonds is 5. The SMILES string of the molecule is COP(=O)(O)OCC1O[C@@H](n2cnc3c(N)ncnc32)C(C)C1C. The van der Waals surface area contributed by atoms with E-state index in [0.29, 0.717) is 17.0 Å². The molecule has 132 valence electrons. The molecule has 1 fully saturated rings. The largest absolute Gasteiger partial charge is 0.472 e. The predicted molar refractivity (Wildman–Crippen MR) is 84.8 cm³/mol. The number of aromatic nitrogens is 4. The smallest absolute Gasteiger partial charge is 0.382 e. The summed E-state index contributed by atoms with van der Waals surface area (Å²) in [6.45, 7) is 3.98. The second-order valence-corrected chi connectivity index (χ2v) is 7.37. The van der Waals surface area contributed by atoms with E-state index >= 15 is 0 Å². The van der Waals surface area contributed by atoms with Crippen molar-refractivity contribution in [2.75, 3.05) is 19.5 Å². The molecule has 3 heterocycles. The van der Waals surface area contributed by atoms with Gasteiger partial charge in [0.25, 0.3) is 0 Å². The zero-order chi connectivity index (χ0) is 17.5. The van der Waals surface area contributed by atoms with Crippen LogP contribution < -0.4 is 5.73 Å². The van der Waals surface area contributed by atoms with Crippen LogP contribution in [-0.2, 0) is 18.3 Å². The summed E-state index contributed by atoms with van der Waals surface area (Å²) in [4.78, 5) is 21.8. The van der Waals surface area contributed by atoms with Crippen LogP contribution in [0.2, 0.25) is 0 Å². The molecule has 24 heavy (non-hydrogen) atoms. The van der Waals surface area contributed by atoms with Crippen molar-refractivity contribution in [3.05, 3.63) is 12.7 Å². The highest BCUT2D eigenvalue weighted by Crippen LogP contribution is 2.45. The first-order valence-electron chi connectivity index (χ1n) is 7.45. The molecule has 2 aromatic heterocycles. The molecular weight excluding hydrogens is 337 g/mol. The van der Waals surface area contributed by atoms with Crippen molar-refractivity contribution in [1.82, 2.24) is 19.5 Å². The van der Waals surface area contributed by atoms with Crippen LogP contribution >= 0.6 is 7.82 Å². The van der Waals surface area contributed by atoms with Crippen molar-refractivity contribution in [3.63, 3.8) is 0 Å². The Morgan fingerprint density at radius 3 is 2.83 bits per heavy atom. The molecule has 0 saturated carbocycles. The Hall–Kier alpha value is -1.58. The number of phosphoric ester groups is 1. The van der Waals surface area contributed by atoms with E-state index in [1.54, 1.807) is 10.9 Å². The number of hydrogen-bond donors (Lipinski definition) is 2. The molecule has 2 aromatic rings. The van der Waals surface area contributed by atoms with Gasteiger partial charge in [-0.15, -0.1) is 0 Å². The molecule has 5 atom stereocenters. The van der Waals surface area contributed by atoms with E-state index in [0.717, 1.165) is 7.11 Å². The molecule has 0 bridgehead atoms. The lowest BCUT2D eigenvalue weighted by molar-refractivity contribution is -0.0339. The lowest BCUT2D eigenvalue weighted by Crippen LogP contribution is -2.21. The summed E-state index contributed by atoms with van der Waals surface area (Å²) in [5.41, 5.74) is 6.90. The zero-order valence-electron chi connectivity index (χ0n) is 13.6. The first-order valence-corrected chi connectivity index (χ1v) is 8.95. The third-order valence-electron chi connectivity index (χ3n) is 4.47. The van der Waals surface area contributed by atoms with Crippen LogP contribution in [0, 0.1) is 11.8 Å². The molecular formula is C13H20N5O5P. The molecule has 10 nitrogen and oxygen atoms in total. The molecule has 0 aromatic carbocycles. The second kappa shape index (κ2) is 6.38. The Bertz CT molecular complexity index is 783. The lowest BCUT2D eigenvalue weighted by Gasteiger charge is -2.18. The lowest BCUT2D eigenvalue weighted by atomic mass is 9.93. The quantitative estimate of drug-likeness (QED) is 0.760. The number of ether oxygens (including phenoxy) is 1. The average molecular weight is 357 g/mol. The van der Waals surface area contributed by atoms with Gasteiger partial charge in [-0.25, -0.2) is 19.5 Å². The average Bonchev–Trinajstić information content (AvgIpc) is 3.10. The van der Waals surface area contributed by atoms with Gasteiger partial charge in [-0.3, -0.25) is 13.6 Å². The minimum absolute atomic E-state index is 0.0482. The molecule has 1 saturated heterocycles. The van der Waals surface area contributed by atoms with Crippen LogP contribution in [0.3, 0.4) is 0 Å². The maximum Gasteiger partial charge on any atom is 0.472 e. The van der Waals surface area contributed by atoms with E-state index in [1.807, 2.05) is 13.8 Å². The van der Waals surface area contributed by atoms with Crippen LogP contribution in [0.25, 0.3) is 11.2 Å². The van der Waals surface area contributed by atoms with Gasteiger partial charge in [-0.2, -0.15) is 0 Å². The number of anilines is 1. The fraction of sp³-hybridized carbons (Fsp3) is 0.615. The molecule has 3 N–H and O–H groups in total. The van der Waals surface area contributed by atoms with Crippen LogP contribution in [0.15, 0.2) is 12.7 Å². The Labute approximate surface area is 138 Å². The van der Waals surface area contributed by atoms with E-state index in [1.165, 1.54) is 6.33 Å². The summed E-state index contributed by atoms with van der Waals surface area (Å²) in [7, 11) is -2.92. The number of nitrogens with zero attached hydrogens (tertiary/aromatic N) is 4. The van der Waals surface area contributed by atoms with E-state index < -0.39 is 7.82 Å². The van der Waals surface area contributed by atoms with Gasteiger partial charge in [-0.05, 0) is 5.92 Å². The summed E-state index contributed by atoms with van der Waals surface area (Å²) < 4.78 is 28.6. The van der Waals surface area contributed by atoms with Crippen molar-refractivity contribution in [2.45, 2.75) is 26.2 Å². The van der Waals surface area contributed by atoms with Gasteiger partial charge in [0.1, 0.15) is 18.1 Å². The van der Waals surface area contributed by atoms with Gasteiger partial charge in [-0.1, -0.05) is 13.8 Å². The monoisotopic (exact) mass is 357 g/mol. The first-order chi connectivity index (χ1) is 11.3. The fourth-order valence-electron chi connectivity index (χ4n) is 2.81. The second-order valence-electron chi connectivity index (χ2n) is 5.81. The molecule has 11 heteroatoms. The number of imidazole rings is 1. The minimum Gasteiger partial charge on any atom is -0.382 e. The summed E-state index contributed by atoms with van der Waals surface area (Å²) in [5.74, 6) is 0.495. The Morgan fingerprint density at radius 1 is 1.38 bits per heavy atom. The minimum atomic E-state index is -4.03. The molecule has 0 spiro atoms. The fourth-order valence-corrected chi connectivity index (χ4v) is 3.25. The highest BCUT2D eigenvalue weighted by Gasteiger charge is 2.41. The van der Waals surface area contributed by atoms with Gasteiger partial charge in [0.05, 0.1) is 19.0 Å². The standard InChI is InChI=1S/C13H20N5O5P/c1-7-8(2)13(23-9(7)4-22-24(19,20)21-3)18-6-17-10-11(14)15-5-16-12(10)18/h5-9,13H,4H2,1-3H3,(H,19,20)(H2,14,15,16)/t7?,8?,9?,13-/m1/s1. The summed E-state index contributed by atoms with van der Waals surface area (Å²) in [5, 5.41) is 0.